The molecule has 28 heavy (non-hydrogen) atoms. The third kappa shape index (κ3) is 5.19. The fraction of sp³-hybridized carbons (Fsp3) is 0.476. The van der Waals surface area contributed by atoms with Crippen molar-refractivity contribution in [3.8, 4) is 17.6 Å². The lowest BCUT2D eigenvalue weighted by Crippen LogP contribution is -2.62. The monoisotopic (exact) mass is 384 g/mol. The Bertz CT molecular complexity index is 818. The van der Waals surface area contributed by atoms with E-state index in [1.54, 1.807) is 36.5 Å². The van der Waals surface area contributed by atoms with Crippen molar-refractivity contribution in [2.24, 2.45) is 0 Å². The van der Waals surface area contributed by atoms with Gasteiger partial charge in [-0.1, -0.05) is 0 Å². The second-order valence-corrected chi connectivity index (χ2v) is 8.48. The van der Waals surface area contributed by atoms with Crippen LogP contribution < -0.4 is 20.1 Å². The zero-order chi connectivity index (χ0) is 20.4. The van der Waals surface area contributed by atoms with Crippen LogP contribution in [0.5, 0.6) is 17.6 Å². The van der Waals surface area contributed by atoms with Crippen LogP contribution in [-0.4, -0.2) is 40.1 Å². The first-order chi connectivity index (χ1) is 13.2. The van der Waals surface area contributed by atoms with Crippen LogP contribution >= 0.6 is 0 Å². The van der Waals surface area contributed by atoms with Crippen LogP contribution in [0.2, 0.25) is 0 Å². The van der Waals surface area contributed by atoms with Crippen LogP contribution in [0.4, 0.5) is 0 Å². The summed E-state index contributed by atoms with van der Waals surface area (Å²) in [6.45, 7) is 8.67. The minimum Gasteiger partial charge on any atom is -0.481 e. The molecule has 0 spiro atoms. The normalized spacial score (nSPS) is 18.3. The van der Waals surface area contributed by atoms with E-state index in [1.165, 1.54) is 7.11 Å². The number of hydrogen-bond acceptors (Lipinski definition) is 6. The summed E-state index contributed by atoms with van der Waals surface area (Å²) in [5, 5.41) is 6.79. The summed E-state index contributed by atoms with van der Waals surface area (Å²) in [6.07, 6.45) is 3.33. The van der Waals surface area contributed by atoms with Gasteiger partial charge in [-0.05, 0) is 64.8 Å². The lowest BCUT2D eigenvalue weighted by Gasteiger charge is -2.46. The number of nitrogens with one attached hydrogen (secondary N) is 2. The number of hydrogen-bond donors (Lipinski definition) is 2. The van der Waals surface area contributed by atoms with E-state index in [0.717, 1.165) is 12.8 Å². The van der Waals surface area contributed by atoms with Crippen molar-refractivity contribution in [1.82, 2.24) is 20.6 Å². The molecule has 0 bridgehead atoms. The van der Waals surface area contributed by atoms with E-state index >= 15 is 0 Å². The van der Waals surface area contributed by atoms with Crippen molar-refractivity contribution in [2.45, 2.75) is 57.7 Å². The number of benzene rings is 1. The van der Waals surface area contributed by atoms with Gasteiger partial charge < -0.3 is 20.1 Å². The zero-order valence-corrected chi connectivity index (χ0v) is 17.1. The van der Waals surface area contributed by atoms with E-state index in [4.69, 9.17) is 9.47 Å². The second-order valence-electron chi connectivity index (χ2n) is 8.48. The first kappa shape index (κ1) is 20.1. The van der Waals surface area contributed by atoms with Crippen molar-refractivity contribution < 1.29 is 14.3 Å². The maximum Gasteiger partial charge on any atom is 0.325 e. The maximum atomic E-state index is 12.7. The molecular weight excluding hydrogens is 356 g/mol. The second kappa shape index (κ2) is 7.75. The number of amides is 1. The van der Waals surface area contributed by atoms with Crippen molar-refractivity contribution in [1.29, 1.82) is 0 Å². The van der Waals surface area contributed by atoms with Gasteiger partial charge in [0.05, 0.1) is 7.11 Å². The Morgan fingerprint density at radius 2 is 1.75 bits per heavy atom. The largest absolute Gasteiger partial charge is 0.481 e. The molecule has 1 fully saturated rings. The summed E-state index contributed by atoms with van der Waals surface area (Å²) in [7, 11) is 1.53. The highest BCUT2D eigenvalue weighted by atomic mass is 16.5. The molecule has 1 aliphatic rings. The predicted molar refractivity (Wildman–Crippen MR) is 107 cm³/mol. The maximum absolute atomic E-state index is 12.7. The van der Waals surface area contributed by atoms with Gasteiger partial charge in [-0.3, -0.25) is 4.79 Å². The molecule has 0 saturated carbocycles. The van der Waals surface area contributed by atoms with Crippen LogP contribution in [-0.2, 0) is 0 Å². The molecule has 3 rings (SSSR count). The Balaban J connectivity index is 1.63. The Kier molecular flexibility index (Phi) is 5.56. The van der Waals surface area contributed by atoms with E-state index in [-0.39, 0.29) is 29.0 Å². The van der Waals surface area contributed by atoms with Gasteiger partial charge >= 0.3 is 6.01 Å². The third-order valence-electron chi connectivity index (χ3n) is 4.67. The molecule has 0 aliphatic carbocycles. The van der Waals surface area contributed by atoms with Gasteiger partial charge in [-0.2, -0.15) is 4.98 Å². The van der Waals surface area contributed by atoms with E-state index in [9.17, 15) is 4.79 Å². The fourth-order valence-corrected chi connectivity index (χ4v) is 3.96. The van der Waals surface area contributed by atoms with Gasteiger partial charge in [0.2, 0.25) is 5.88 Å². The topological polar surface area (TPSA) is 85.4 Å². The van der Waals surface area contributed by atoms with Crippen molar-refractivity contribution >= 4 is 5.91 Å². The van der Waals surface area contributed by atoms with E-state index in [2.05, 4.69) is 48.3 Å². The molecule has 0 radical (unpaired) electrons. The van der Waals surface area contributed by atoms with Crippen LogP contribution in [0.15, 0.2) is 36.5 Å². The standard InChI is InChI=1S/C21H28N4O3/c1-20(2)12-15(13-21(3,4)25-20)23-18(26)14-6-8-16(9-7-14)28-19-22-11-10-17(24-19)27-5/h6-11,15,25H,12-13H2,1-5H3,(H,23,26). The summed E-state index contributed by atoms with van der Waals surface area (Å²) in [6, 6.07) is 8.89. The van der Waals surface area contributed by atoms with Gasteiger partial charge in [0.25, 0.3) is 5.91 Å². The highest BCUT2D eigenvalue weighted by Crippen LogP contribution is 2.29. The zero-order valence-electron chi connectivity index (χ0n) is 17.1. The molecule has 7 nitrogen and oxygen atoms in total. The lowest BCUT2D eigenvalue weighted by molar-refractivity contribution is 0.0873. The number of aromatic nitrogens is 2. The average molecular weight is 384 g/mol. The predicted octanol–water partition coefficient (Wildman–Crippen LogP) is 3.32. The van der Waals surface area contributed by atoms with Crippen molar-refractivity contribution in [2.75, 3.05) is 7.11 Å². The van der Waals surface area contributed by atoms with E-state index in [1.807, 2.05) is 0 Å². The number of carbonyl (C=O) groups is 1. The molecular formula is C21H28N4O3. The van der Waals surface area contributed by atoms with Gasteiger partial charge in [-0.25, -0.2) is 4.98 Å². The third-order valence-corrected chi connectivity index (χ3v) is 4.67. The van der Waals surface area contributed by atoms with Crippen molar-refractivity contribution in [3.63, 3.8) is 0 Å². The van der Waals surface area contributed by atoms with Crippen LogP contribution in [0.25, 0.3) is 0 Å². The number of rotatable bonds is 5. The number of methoxy groups -OCH3 is 1. The van der Waals surface area contributed by atoms with Crippen molar-refractivity contribution in [3.05, 3.63) is 42.1 Å². The molecule has 1 aromatic carbocycles. The SMILES string of the molecule is COc1ccnc(Oc2ccc(C(=O)NC3CC(C)(C)NC(C)(C)C3)cc2)n1. The Morgan fingerprint density at radius 3 is 2.36 bits per heavy atom. The first-order valence-electron chi connectivity index (χ1n) is 9.41. The summed E-state index contributed by atoms with van der Waals surface area (Å²) in [4.78, 5) is 20.8. The summed E-state index contributed by atoms with van der Waals surface area (Å²) >= 11 is 0. The Morgan fingerprint density at radius 1 is 1.11 bits per heavy atom. The van der Waals surface area contributed by atoms with Gasteiger partial charge in [-0.15, -0.1) is 0 Å². The molecule has 1 aromatic heterocycles. The molecule has 2 aromatic rings. The average Bonchev–Trinajstić information content (AvgIpc) is 2.59. The van der Waals surface area contributed by atoms with Gasteiger partial charge in [0, 0.05) is 34.9 Å². The molecule has 150 valence electrons. The minimum atomic E-state index is -0.0809. The smallest absolute Gasteiger partial charge is 0.325 e. The van der Waals surface area contributed by atoms with Gasteiger partial charge in [0.15, 0.2) is 0 Å². The molecule has 7 heteroatoms. The van der Waals surface area contributed by atoms with Crippen LogP contribution in [0, 0.1) is 0 Å². The number of piperidine rings is 1. The van der Waals surface area contributed by atoms with Crippen LogP contribution in [0.1, 0.15) is 50.9 Å². The molecule has 0 atom stereocenters. The number of carbonyl (C=O) groups excluding carboxylic acids is 1. The van der Waals surface area contributed by atoms with Crippen LogP contribution in [0.3, 0.4) is 0 Å². The molecule has 1 aliphatic heterocycles. The summed E-state index contributed by atoms with van der Waals surface area (Å²) in [5.41, 5.74) is 0.551. The molecule has 1 saturated heterocycles. The Hall–Kier alpha value is -2.67. The highest BCUT2D eigenvalue weighted by molar-refractivity contribution is 5.94. The summed E-state index contributed by atoms with van der Waals surface area (Å²) in [5.74, 6) is 0.894. The molecule has 2 heterocycles. The van der Waals surface area contributed by atoms with Gasteiger partial charge in [0.1, 0.15) is 5.75 Å². The highest BCUT2D eigenvalue weighted by Gasteiger charge is 2.38. The summed E-state index contributed by atoms with van der Waals surface area (Å²) < 4.78 is 10.7. The molecule has 2 N–H and O–H groups in total. The minimum absolute atomic E-state index is 0.0197. The lowest BCUT2D eigenvalue weighted by atomic mass is 9.79. The number of nitrogens with zero attached hydrogens (tertiary/aromatic N) is 2. The quantitative estimate of drug-likeness (QED) is 0.823. The van der Waals surface area contributed by atoms with E-state index < -0.39 is 0 Å². The number of ether oxygens (including phenoxy) is 2. The first-order valence-corrected chi connectivity index (χ1v) is 9.41. The van der Waals surface area contributed by atoms with E-state index in [0.29, 0.717) is 17.2 Å². The fourth-order valence-electron chi connectivity index (χ4n) is 3.96. The molecule has 0 unspecified atom stereocenters. The Labute approximate surface area is 165 Å². The molecule has 1 amide bonds.